The Kier molecular flexibility index (Phi) is 5.94. The first-order chi connectivity index (χ1) is 16.3. The van der Waals surface area contributed by atoms with Gasteiger partial charge in [-0.3, -0.25) is 0 Å². The molecule has 34 heavy (non-hydrogen) atoms. The molecule has 176 valence electrons. The predicted molar refractivity (Wildman–Crippen MR) is 125 cm³/mol. The number of hydrogen-bond acceptors (Lipinski definition) is 6. The summed E-state index contributed by atoms with van der Waals surface area (Å²) in [6.45, 7) is 3.84. The van der Waals surface area contributed by atoms with Gasteiger partial charge in [0.25, 0.3) is 0 Å². The van der Waals surface area contributed by atoms with E-state index in [0.717, 1.165) is 55.1 Å². The van der Waals surface area contributed by atoms with E-state index < -0.39 is 28.0 Å². The summed E-state index contributed by atoms with van der Waals surface area (Å²) < 4.78 is 53.6. The highest BCUT2D eigenvalue weighted by Crippen LogP contribution is 2.37. The lowest BCUT2D eigenvalue weighted by Gasteiger charge is -2.29. The highest BCUT2D eigenvalue weighted by Gasteiger charge is 2.37. The number of fused-ring (bicyclic) bond motifs is 1. The Labute approximate surface area is 196 Å². The highest BCUT2D eigenvalue weighted by molar-refractivity contribution is 7.89. The Balaban J connectivity index is 1.46. The Morgan fingerprint density at radius 1 is 0.971 bits per heavy atom. The molecule has 0 saturated carbocycles. The van der Waals surface area contributed by atoms with Gasteiger partial charge in [-0.15, -0.1) is 5.14 Å². The number of rotatable bonds is 4. The topological polar surface area (TPSA) is 94.5 Å². The smallest absolute Gasteiger partial charge is 0.421 e. The molecule has 1 saturated heterocycles. The first kappa shape index (κ1) is 22.7. The van der Waals surface area contributed by atoms with Gasteiger partial charge in [0.2, 0.25) is 0 Å². The molecule has 11 heteroatoms. The van der Waals surface area contributed by atoms with Crippen LogP contribution in [-0.2, 0) is 17.5 Å². The predicted octanol–water partition coefficient (Wildman–Crippen LogP) is 3.47. The average molecular weight is 487 g/mol. The largest absolute Gasteiger partial charge is 0.593 e. The molecule has 4 aromatic rings. The van der Waals surface area contributed by atoms with E-state index in [0.29, 0.717) is 11.2 Å². The summed E-state index contributed by atoms with van der Waals surface area (Å²) in [6, 6.07) is 11.7. The summed E-state index contributed by atoms with van der Waals surface area (Å²) in [7, 11) is 0. The maximum atomic E-state index is 13.5. The second-order valence-corrected chi connectivity index (χ2v) is 8.99. The molecule has 1 aliphatic rings. The lowest BCUT2D eigenvalue weighted by molar-refractivity contribution is -0.139. The van der Waals surface area contributed by atoms with Crippen molar-refractivity contribution < 1.29 is 17.7 Å². The van der Waals surface area contributed by atoms with E-state index in [1.807, 2.05) is 12.1 Å². The Morgan fingerprint density at radius 3 is 2.35 bits per heavy atom. The number of hydrogen-bond donors (Lipinski definition) is 2. The van der Waals surface area contributed by atoms with Crippen molar-refractivity contribution in [3.05, 3.63) is 66.6 Å². The van der Waals surface area contributed by atoms with E-state index in [1.165, 1.54) is 16.8 Å². The molecule has 7 nitrogen and oxygen atoms in total. The summed E-state index contributed by atoms with van der Waals surface area (Å²) in [5, 5.41) is 12.9. The number of piperazine rings is 1. The number of alkyl halides is 3. The monoisotopic (exact) mass is 486 g/mol. The zero-order valence-corrected chi connectivity index (χ0v) is 18.7. The number of anilines is 1. The van der Waals surface area contributed by atoms with Crippen molar-refractivity contribution in [1.29, 1.82) is 0 Å². The Hall–Kier alpha value is -3.12. The van der Waals surface area contributed by atoms with Crippen LogP contribution in [0.15, 0.2) is 66.0 Å². The molecule has 0 aliphatic carbocycles. The maximum absolute atomic E-state index is 13.5. The minimum absolute atomic E-state index is 0.261. The number of nitrogens with zero attached hydrogens (tertiary/aromatic N) is 4. The van der Waals surface area contributed by atoms with Crippen LogP contribution in [0.5, 0.6) is 0 Å². The van der Waals surface area contributed by atoms with Crippen LogP contribution in [0.2, 0.25) is 0 Å². The molecule has 3 N–H and O–H groups in total. The van der Waals surface area contributed by atoms with Gasteiger partial charge in [-0.25, -0.2) is 9.50 Å². The third kappa shape index (κ3) is 4.34. The minimum Gasteiger partial charge on any atom is -0.593 e. The molecular formula is C23H21F3N6OS. The molecule has 0 amide bonds. The normalized spacial score (nSPS) is 15.6. The van der Waals surface area contributed by atoms with Crippen molar-refractivity contribution in [2.75, 3.05) is 31.1 Å². The van der Waals surface area contributed by atoms with Gasteiger partial charge in [-0.1, -0.05) is 12.1 Å². The highest BCUT2D eigenvalue weighted by atomic mass is 32.2. The van der Waals surface area contributed by atoms with Gasteiger partial charge >= 0.3 is 6.18 Å². The van der Waals surface area contributed by atoms with E-state index in [4.69, 9.17) is 5.14 Å². The number of benzene rings is 2. The fourth-order valence-corrected chi connectivity index (χ4v) is 4.70. The van der Waals surface area contributed by atoms with Crippen LogP contribution in [-0.4, -0.2) is 45.3 Å². The van der Waals surface area contributed by atoms with Gasteiger partial charge < -0.3 is 14.8 Å². The molecule has 1 aliphatic heterocycles. The zero-order chi connectivity index (χ0) is 23.9. The van der Waals surface area contributed by atoms with Gasteiger partial charge in [0.15, 0.2) is 10.5 Å². The first-order valence-corrected chi connectivity index (χ1v) is 11.8. The summed E-state index contributed by atoms with van der Waals surface area (Å²) in [5.74, 6) is 0. The van der Waals surface area contributed by atoms with E-state index in [1.54, 1.807) is 12.4 Å². The van der Waals surface area contributed by atoms with Gasteiger partial charge in [0, 0.05) is 55.4 Å². The van der Waals surface area contributed by atoms with Crippen LogP contribution in [0.25, 0.3) is 27.9 Å². The van der Waals surface area contributed by atoms with Crippen molar-refractivity contribution in [2.24, 2.45) is 5.14 Å². The van der Waals surface area contributed by atoms with E-state index in [2.05, 4.69) is 32.4 Å². The third-order valence-electron chi connectivity index (χ3n) is 5.85. The molecule has 1 atom stereocenters. The van der Waals surface area contributed by atoms with Crippen LogP contribution in [0.3, 0.4) is 0 Å². The van der Waals surface area contributed by atoms with Gasteiger partial charge in [-0.05, 0) is 41.5 Å². The molecule has 1 unspecified atom stereocenters. The second kappa shape index (κ2) is 8.91. The number of nitrogens with two attached hydrogens (primary N) is 1. The average Bonchev–Trinajstić information content (AvgIpc) is 3.27. The lowest BCUT2D eigenvalue weighted by atomic mass is 10.0. The number of halogens is 3. The molecule has 0 spiro atoms. The third-order valence-corrected chi connectivity index (χ3v) is 6.64. The summed E-state index contributed by atoms with van der Waals surface area (Å²) in [4.78, 5) is 6.33. The van der Waals surface area contributed by atoms with Crippen molar-refractivity contribution in [3.63, 3.8) is 0 Å². The van der Waals surface area contributed by atoms with Crippen molar-refractivity contribution >= 4 is 22.7 Å². The summed E-state index contributed by atoms with van der Waals surface area (Å²) >= 11 is -2.26. The van der Waals surface area contributed by atoms with Crippen LogP contribution >= 0.6 is 0 Å². The number of nitrogens with one attached hydrogen (secondary N) is 1. The van der Waals surface area contributed by atoms with Crippen molar-refractivity contribution in [2.45, 2.75) is 11.1 Å². The minimum atomic E-state index is -4.69. The SMILES string of the molecule is N[S+]([O-])c1ccc(-c2cnn3cc(-c4ccc(N5CCNCC5)cc4)cnc23)cc1C(F)(F)F. The van der Waals surface area contributed by atoms with Gasteiger partial charge in [0.1, 0.15) is 5.56 Å². The number of aromatic nitrogens is 3. The summed E-state index contributed by atoms with van der Waals surface area (Å²) in [6.07, 6.45) is 0.239. The van der Waals surface area contributed by atoms with Crippen LogP contribution in [0, 0.1) is 0 Å². The van der Waals surface area contributed by atoms with Crippen LogP contribution in [0.4, 0.5) is 18.9 Å². The van der Waals surface area contributed by atoms with E-state index in [9.17, 15) is 17.7 Å². The first-order valence-electron chi connectivity index (χ1n) is 10.6. The molecular weight excluding hydrogens is 465 g/mol. The van der Waals surface area contributed by atoms with Crippen molar-refractivity contribution in [1.82, 2.24) is 19.9 Å². The van der Waals surface area contributed by atoms with E-state index in [-0.39, 0.29) is 5.56 Å². The molecule has 5 rings (SSSR count). The fraction of sp³-hybridized carbons (Fsp3) is 0.217. The van der Waals surface area contributed by atoms with E-state index >= 15 is 0 Å². The fourth-order valence-electron chi connectivity index (χ4n) is 4.11. The Bertz CT molecular complexity index is 1320. The lowest BCUT2D eigenvalue weighted by Crippen LogP contribution is -2.43. The summed E-state index contributed by atoms with van der Waals surface area (Å²) in [5.41, 5.74) is 3.02. The quantitative estimate of drug-likeness (QED) is 0.429. The Morgan fingerprint density at radius 2 is 1.68 bits per heavy atom. The second-order valence-electron chi connectivity index (χ2n) is 7.96. The van der Waals surface area contributed by atoms with Crippen molar-refractivity contribution in [3.8, 4) is 22.3 Å². The van der Waals surface area contributed by atoms with Crippen LogP contribution in [0.1, 0.15) is 5.56 Å². The molecule has 0 radical (unpaired) electrons. The maximum Gasteiger partial charge on any atom is 0.421 e. The van der Waals surface area contributed by atoms with Crippen LogP contribution < -0.4 is 15.4 Å². The standard InChI is InChI=1S/C23H21F3N6OS/c24-23(25,26)20-11-16(3-6-21(20)34(27)33)19-13-30-32-14-17(12-29-22(19)32)15-1-4-18(5-2-15)31-9-7-28-8-10-31/h1-6,11-14,28H,7-10,27H2. The molecule has 2 aromatic carbocycles. The molecule has 3 heterocycles. The zero-order valence-electron chi connectivity index (χ0n) is 17.9. The molecule has 0 bridgehead atoms. The molecule has 1 fully saturated rings. The van der Waals surface area contributed by atoms with Gasteiger partial charge in [0.05, 0.1) is 17.6 Å². The van der Waals surface area contributed by atoms with Gasteiger partial charge in [-0.2, -0.15) is 18.3 Å². The molecule has 2 aromatic heterocycles.